The van der Waals surface area contributed by atoms with Gasteiger partial charge in [-0.3, -0.25) is 4.79 Å². The van der Waals surface area contributed by atoms with Crippen molar-refractivity contribution in [3.8, 4) is 5.75 Å². The summed E-state index contributed by atoms with van der Waals surface area (Å²) in [5.74, 6) is 1.97. The Hall–Kier alpha value is -3.08. The summed E-state index contributed by atoms with van der Waals surface area (Å²) < 4.78 is 13.6. The molecule has 0 amide bonds. The number of rotatable bonds is 10. The van der Waals surface area contributed by atoms with Gasteiger partial charge in [-0.2, -0.15) is 0 Å². The number of esters is 1. The number of aryl methyl sites for hydroxylation is 1. The molecule has 5 heteroatoms. The van der Waals surface area contributed by atoms with Gasteiger partial charge in [-0.15, -0.1) is 0 Å². The summed E-state index contributed by atoms with van der Waals surface area (Å²) in [6.45, 7) is 12.4. The van der Waals surface area contributed by atoms with Crippen molar-refractivity contribution < 1.29 is 14.3 Å². The summed E-state index contributed by atoms with van der Waals surface area (Å²) in [6, 6.07) is 13.2. The zero-order valence-corrected chi connectivity index (χ0v) is 24.5. The molecule has 5 nitrogen and oxygen atoms in total. The molecule has 0 bridgehead atoms. The zero-order valence-electron chi connectivity index (χ0n) is 24.5. The summed E-state index contributed by atoms with van der Waals surface area (Å²) in [6.07, 6.45) is 10.1. The van der Waals surface area contributed by atoms with Crippen LogP contribution in [0.5, 0.6) is 5.75 Å². The standard InChI is InChI=1S/C34H44N2O3/c1-7-34(5)16-15-33(3,4)29-19-25(27(20-30(29)34)23-9-10-23)22-39-26-13-11-24(12-14-26)28(21-31(37)38-8-2)32-35-17-18-36(32)6/h11-14,17-20,23,28H,7-10,15-16,21-22H2,1-6H3. The third kappa shape index (κ3) is 5.64. The van der Waals surface area contributed by atoms with Crippen molar-refractivity contribution in [3.63, 3.8) is 0 Å². The normalized spacial score (nSPS) is 20.8. The molecule has 1 heterocycles. The molecule has 1 saturated carbocycles. The van der Waals surface area contributed by atoms with Gasteiger partial charge in [0.05, 0.1) is 18.9 Å². The topological polar surface area (TPSA) is 53.4 Å². The van der Waals surface area contributed by atoms with Gasteiger partial charge < -0.3 is 14.0 Å². The number of ether oxygens (including phenoxy) is 2. The quantitative estimate of drug-likeness (QED) is 0.253. The Morgan fingerprint density at radius 3 is 2.44 bits per heavy atom. The summed E-state index contributed by atoms with van der Waals surface area (Å²) in [7, 11) is 1.96. The molecule has 0 aliphatic heterocycles. The van der Waals surface area contributed by atoms with E-state index in [0.29, 0.717) is 19.1 Å². The van der Waals surface area contributed by atoms with Crippen molar-refractivity contribution >= 4 is 5.97 Å². The van der Waals surface area contributed by atoms with E-state index in [1.807, 2.05) is 36.9 Å². The third-order valence-electron chi connectivity index (χ3n) is 9.28. The van der Waals surface area contributed by atoms with Crippen LogP contribution >= 0.6 is 0 Å². The van der Waals surface area contributed by atoms with E-state index in [-0.39, 0.29) is 29.1 Å². The average Bonchev–Trinajstić information content (AvgIpc) is 3.69. The Morgan fingerprint density at radius 1 is 1.08 bits per heavy atom. The van der Waals surface area contributed by atoms with Crippen LogP contribution in [0.25, 0.3) is 0 Å². The number of nitrogens with zero attached hydrogens (tertiary/aromatic N) is 2. The molecule has 2 unspecified atom stereocenters. The molecule has 0 saturated heterocycles. The SMILES string of the molecule is CCOC(=O)CC(c1ccc(OCc2cc3c(cc2C2CC2)C(C)(CC)CCC3(C)C)cc1)c1nccn1C. The number of fused-ring (bicyclic) bond motifs is 1. The molecule has 5 rings (SSSR count). The molecule has 2 aliphatic rings. The number of imidazole rings is 1. The molecular formula is C34H44N2O3. The number of carbonyl (C=O) groups excluding carboxylic acids is 1. The molecule has 2 atom stereocenters. The van der Waals surface area contributed by atoms with E-state index < -0.39 is 0 Å². The average molecular weight is 529 g/mol. The second-order valence-corrected chi connectivity index (χ2v) is 12.5. The van der Waals surface area contributed by atoms with Crippen molar-refractivity contribution in [1.29, 1.82) is 0 Å². The number of carbonyl (C=O) groups is 1. The van der Waals surface area contributed by atoms with Gasteiger partial charge in [0.2, 0.25) is 0 Å². The van der Waals surface area contributed by atoms with Crippen LogP contribution in [-0.4, -0.2) is 22.1 Å². The number of aromatic nitrogens is 2. The van der Waals surface area contributed by atoms with Crippen LogP contribution in [0, 0.1) is 0 Å². The molecule has 1 fully saturated rings. The first-order valence-electron chi connectivity index (χ1n) is 14.7. The summed E-state index contributed by atoms with van der Waals surface area (Å²) in [5, 5.41) is 0. The van der Waals surface area contributed by atoms with Crippen LogP contribution in [0.4, 0.5) is 0 Å². The Morgan fingerprint density at radius 2 is 1.82 bits per heavy atom. The maximum atomic E-state index is 12.4. The second kappa shape index (κ2) is 10.8. The molecule has 0 N–H and O–H groups in total. The van der Waals surface area contributed by atoms with Gasteiger partial charge in [0.1, 0.15) is 18.2 Å². The smallest absolute Gasteiger partial charge is 0.306 e. The molecule has 0 spiro atoms. The van der Waals surface area contributed by atoms with Crippen molar-refractivity contribution in [1.82, 2.24) is 9.55 Å². The van der Waals surface area contributed by atoms with Crippen molar-refractivity contribution in [2.24, 2.45) is 7.05 Å². The molecule has 208 valence electrons. The van der Waals surface area contributed by atoms with Gasteiger partial charge in [-0.05, 0) is 95.7 Å². The minimum absolute atomic E-state index is 0.171. The van der Waals surface area contributed by atoms with E-state index >= 15 is 0 Å². The summed E-state index contributed by atoms with van der Waals surface area (Å²) >= 11 is 0. The Balaban J connectivity index is 1.38. The second-order valence-electron chi connectivity index (χ2n) is 12.5. The molecule has 2 aliphatic carbocycles. The lowest BCUT2D eigenvalue weighted by Gasteiger charge is -2.44. The summed E-state index contributed by atoms with van der Waals surface area (Å²) in [5.41, 5.74) is 7.37. The van der Waals surface area contributed by atoms with Crippen molar-refractivity contribution in [2.75, 3.05) is 6.61 Å². The molecule has 39 heavy (non-hydrogen) atoms. The fraction of sp³-hybridized carbons (Fsp3) is 0.529. The molecular weight excluding hydrogens is 484 g/mol. The van der Waals surface area contributed by atoms with Gasteiger partial charge in [0, 0.05) is 19.4 Å². The van der Waals surface area contributed by atoms with Gasteiger partial charge in [0.25, 0.3) is 0 Å². The van der Waals surface area contributed by atoms with Gasteiger partial charge in [-0.1, -0.05) is 52.0 Å². The molecule has 1 aromatic heterocycles. The van der Waals surface area contributed by atoms with Crippen LogP contribution in [0.1, 0.15) is 119 Å². The fourth-order valence-electron chi connectivity index (χ4n) is 6.26. The predicted molar refractivity (Wildman–Crippen MR) is 155 cm³/mol. The van der Waals surface area contributed by atoms with Crippen LogP contribution in [0.2, 0.25) is 0 Å². The largest absolute Gasteiger partial charge is 0.489 e. The summed E-state index contributed by atoms with van der Waals surface area (Å²) in [4.78, 5) is 16.9. The lowest BCUT2D eigenvalue weighted by molar-refractivity contribution is -0.143. The van der Waals surface area contributed by atoms with E-state index in [1.165, 1.54) is 48.8 Å². The predicted octanol–water partition coefficient (Wildman–Crippen LogP) is 7.70. The lowest BCUT2D eigenvalue weighted by Crippen LogP contribution is -2.35. The highest BCUT2D eigenvalue weighted by Crippen LogP contribution is 2.51. The molecule has 3 aromatic rings. The highest BCUT2D eigenvalue weighted by Gasteiger charge is 2.40. The van der Waals surface area contributed by atoms with Gasteiger partial charge >= 0.3 is 5.97 Å². The van der Waals surface area contributed by atoms with Crippen LogP contribution in [-0.2, 0) is 34.0 Å². The van der Waals surface area contributed by atoms with E-state index in [9.17, 15) is 4.79 Å². The minimum Gasteiger partial charge on any atom is -0.489 e. The van der Waals surface area contributed by atoms with E-state index in [4.69, 9.17) is 9.47 Å². The van der Waals surface area contributed by atoms with Crippen LogP contribution in [0.15, 0.2) is 48.8 Å². The number of hydrogen-bond donors (Lipinski definition) is 0. The van der Waals surface area contributed by atoms with E-state index in [1.54, 1.807) is 11.8 Å². The Kier molecular flexibility index (Phi) is 7.63. The van der Waals surface area contributed by atoms with Crippen molar-refractivity contribution in [2.45, 2.75) is 102 Å². The Labute approximate surface area is 233 Å². The van der Waals surface area contributed by atoms with E-state index in [2.05, 4.69) is 56.9 Å². The van der Waals surface area contributed by atoms with Gasteiger partial charge in [-0.25, -0.2) is 4.98 Å². The first-order valence-corrected chi connectivity index (χ1v) is 14.7. The lowest BCUT2D eigenvalue weighted by atomic mass is 9.61. The van der Waals surface area contributed by atoms with E-state index in [0.717, 1.165) is 17.1 Å². The van der Waals surface area contributed by atoms with Gasteiger partial charge in [0.15, 0.2) is 0 Å². The molecule has 2 aromatic carbocycles. The highest BCUT2D eigenvalue weighted by atomic mass is 16.5. The third-order valence-corrected chi connectivity index (χ3v) is 9.28. The molecule has 0 radical (unpaired) electrons. The number of hydrogen-bond acceptors (Lipinski definition) is 4. The monoisotopic (exact) mass is 528 g/mol. The zero-order chi connectivity index (χ0) is 27.8. The first-order chi connectivity index (χ1) is 18.6. The first kappa shape index (κ1) is 27.5. The van der Waals surface area contributed by atoms with Crippen LogP contribution < -0.4 is 4.74 Å². The maximum absolute atomic E-state index is 12.4. The minimum atomic E-state index is -0.215. The Bertz CT molecular complexity index is 1320. The van der Waals surface area contributed by atoms with Crippen molar-refractivity contribution in [3.05, 3.63) is 82.4 Å². The fourth-order valence-corrected chi connectivity index (χ4v) is 6.26. The van der Waals surface area contributed by atoms with Crippen LogP contribution in [0.3, 0.4) is 0 Å². The maximum Gasteiger partial charge on any atom is 0.306 e. The highest BCUT2D eigenvalue weighted by molar-refractivity contribution is 5.71. The number of benzene rings is 2.